The first-order chi connectivity index (χ1) is 14.6. The fourth-order valence-corrected chi connectivity index (χ4v) is 4.28. The second-order valence-electron chi connectivity index (χ2n) is 7.50. The molecule has 0 unspecified atom stereocenters. The Morgan fingerprint density at radius 3 is 2.87 bits per heavy atom. The van der Waals surface area contributed by atoms with Crippen molar-refractivity contribution >= 4 is 27.7 Å². The van der Waals surface area contributed by atoms with Crippen molar-refractivity contribution in [2.45, 2.75) is 19.5 Å². The van der Waals surface area contributed by atoms with Crippen LogP contribution in [0.3, 0.4) is 0 Å². The number of ether oxygens (including phenoxy) is 1. The first kappa shape index (κ1) is 18.6. The van der Waals surface area contributed by atoms with Gasteiger partial charge in [0.2, 0.25) is 5.91 Å². The molecule has 3 heterocycles. The average molecular weight is 404 g/mol. The van der Waals surface area contributed by atoms with Crippen LogP contribution in [0.2, 0.25) is 0 Å². The number of nitrogens with two attached hydrogens (primary N) is 1. The second-order valence-corrected chi connectivity index (χ2v) is 7.50. The van der Waals surface area contributed by atoms with E-state index in [0.717, 1.165) is 44.3 Å². The number of H-pyrrole nitrogens is 1. The molecule has 30 heavy (non-hydrogen) atoms. The summed E-state index contributed by atoms with van der Waals surface area (Å²) >= 11 is 0. The van der Waals surface area contributed by atoms with E-state index in [0.29, 0.717) is 19.5 Å². The fraction of sp³-hybridized carbons (Fsp3) is 0.217. The van der Waals surface area contributed by atoms with E-state index in [-0.39, 0.29) is 18.2 Å². The Morgan fingerprint density at radius 2 is 2.10 bits per heavy atom. The Hall–Kier alpha value is -3.45. The van der Waals surface area contributed by atoms with Crippen molar-refractivity contribution in [3.63, 3.8) is 0 Å². The fourth-order valence-electron chi connectivity index (χ4n) is 4.28. The van der Waals surface area contributed by atoms with Gasteiger partial charge in [0.15, 0.2) is 11.6 Å². The number of benzene rings is 2. The highest BCUT2D eigenvalue weighted by molar-refractivity contribution is 6.10. The third kappa shape index (κ3) is 2.90. The van der Waals surface area contributed by atoms with Gasteiger partial charge in [0.25, 0.3) is 0 Å². The van der Waals surface area contributed by atoms with Gasteiger partial charge in [0, 0.05) is 34.8 Å². The van der Waals surface area contributed by atoms with Crippen LogP contribution in [0.5, 0.6) is 5.75 Å². The molecule has 1 aliphatic heterocycles. The van der Waals surface area contributed by atoms with E-state index in [1.54, 1.807) is 11.0 Å². The molecule has 7 heteroatoms. The Labute approximate surface area is 172 Å². The third-order valence-corrected chi connectivity index (χ3v) is 5.72. The minimum absolute atomic E-state index is 0.0248. The van der Waals surface area contributed by atoms with Gasteiger partial charge in [-0.05, 0) is 23.8 Å². The van der Waals surface area contributed by atoms with Gasteiger partial charge in [-0.1, -0.05) is 24.3 Å². The zero-order valence-electron chi connectivity index (χ0n) is 16.5. The molecular formula is C23H21FN4O2. The number of methoxy groups -OCH3 is 1. The van der Waals surface area contributed by atoms with Crippen LogP contribution in [0.1, 0.15) is 22.5 Å². The summed E-state index contributed by atoms with van der Waals surface area (Å²) in [4.78, 5) is 22.3. The summed E-state index contributed by atoms with van der Waals surface area (Å²) in [6.45, 7) is 0.905. The predicted octanol–water partition coefficient (Wildman–Crippen LogP) is 3.26. The van der Waals surface area contributed by atoms with E-state index in [1.165, 1.54) is 13.2 Å². The van der Waals surface area contributed by atoms with E-state index in [2.05, 4.69) is 11.1 Å². The number of rotatable bonds is 4. The molecule has 0 fully saturated rings. The number of carbonyl (C=O) groups is 1. The molecule has 0 radical (unpaired) electrons. The van der Waals surface area contributed by atoms with Crippen molar-refractivity contribution in [2.75, 3.05) is 13.7 Å². The first-order valence-electron chi connectivity index (χ1n) is 9.80. The van der Waals surface area contributed by atoms with E-state index < -0.39 is 5.82 Å². The number of para-hydroxylation sites is 1. The lowest BCUT2D eigenvalue weighted by atomic mass is 10.0. The normalized spacial score (nSPS) is 13.2. The number of fused-ring (bicyclic) bond motifs is 5. The second kappa shape index (κ2) is 7.11. The molecule has 3 N–H and O–H groups in total. The molecule has 2 aromatic carbocycles. The number of amides is 1. The highest BCUT2D eigenvalue weighted by atomic mass is 19.1. The molecule has 0 saturated carbocycles. The quantitative estimate of drug-likeness (QED) is 0.547. The molecule has 6 nitrogen and oxygen atoms in total. The lowest BCUT2D eigenvalue weighted by Crippen LogP contribution is -2.31. The first-order valence-corrected chi connectivity index (χ1v) is 9.80. The minimum Gasteiger partial charge on any atom is -0.494 e. The average Bonchev–Trinajstić information content (AvgIpc) is 3.35. The van der Waals surface area contributed by atoms with Gasteiger partial charge in [0.1, 0.15) is 0 Å². The van der Waals surface area contributed by atoms with Gasteiger partial charge in [-0.25, -0.2) is 4.39 Å². The lowest BCUT2D eigenvalue weighted by Gasteiger charge is -2.12. The monoisotopic (exact) mass is 404 g/mol. The van der Waals surface area contributed by atoms with Crippen molar-refractivity contribution in [1.82, 2.24) is 14.9 Å². The predicted molar refractivity (Wildman–Crippen MR) is 113 cm³/mol. The molecule has 0 bridgehead atoms. The van der Waals surface area contributed by atoms with Crippen LogP contribution >= 0.6 is 0 Å². The zero-order valence-corrected chi connectivity index (χ0v) is 16.5. The van der Waals surface area contributed by atoms with Crippen molar-refractivity contribution in [2.24, 2.45) is 5.73 Å². The number of carbonyl (C=O) groups excluding carboxylic acids is 1. The summed E-state index contributed by atoms with van der Waals surface area (Å²) in [5.74, 6) is -0.282. The van der Waals surface area contributed by atoms with Crippen molar-refractivity contribution < 1.29 is 13.9 Å². The Kier molecular flexibility index (Phi) is 4.40. The number of nitrogens with zero attached hydrogens (tertiary/aromatic N) is 2. The molecule has 0 saturated heterocycles. The van der Waals surface area contributed by atoms with Crippen LogP contribution in [0.4, 0.5) is 4.39 Å². The molecule has 152 valence electrons. The summed E-state index contributed by atoms with van der Waals surface area (Å²) in [7, 11) is 1.45. The third-order valence-electron chi connectivity index (χ3n) is 5.72. The van der Waals surface area contributed by atoms with Gasteiger partial charge >= 0.3 is 0 Å². The maximum Gasteiger partial charge on any atom is 0.236 e. The number of halogens is 1. The van der Waals surface area contributed by atoms with Gasteiger partial charge in [-0.15, -0.1) is 0 Å². The van der Waals surface area contributed by atoms with Gasteiger partial charge in [0.05, 0.1) is 37.1 Å². The van der Waals surface area contributed by atoms with E-state index in [4.69, 9.17) is 15.5 Å². The number of hydrogen-bond donors (Lipinski definition) is 2. The molecule has 1 amide bonds. The number of aromatic nitrogens is 2. The summed E-state index contributed by atoms with van der Waals surface area (Å²) < 4.78 is 19.2. The summed E-state index contributed by atoms with van der Waals surface area (Å²) in [5.41, 5.74) is 11.1. The Bertz CT molecular complexity index is 1300. The van der Waals surface area contributed by atoms with Crippen LogP contribution in [0.25, 0.3) is 21.8 Å². The van der Waals surface area contributed by atoms with E-state index in [9.17, 15) is 9.18 Å². The number of nitrogens with one attached hydrogen (secondary N) is 1. The summed E-state index contributed by atoms with van der Waals surface area (Å²) in [6.07, 6.45) is 0.461. The molecule has 5 rings (SSSR count). The van der Waals surface area contributed by atoms with Crippen molar-refractivity contribution in [3.8, 4) is 5.75 Å². The van der Waals surface area contributed by atoms with E-state index >= 15 is 0 Å². The SMILES string of the molecule is COc1ccc(Cc2nc3c(c4c2[nH]c2ccccc24)CN(C(=O)CN)C3)cc1F. The molecule has 1 aliphatic rings. The maximum atomic E-state index is 14.2. The van der Waals surface area contributed by atoms with Crippen molar-refractivity contribution in [1.29, 1.82) is 0 Å². The van der Waals surface area contributed by atoms with Crippen molar-refractivity contribution in [3.05, 3.63) is 70.8 Å². The van der Waals surface area contributed by atoms with Gasteiger partial charge in [-0.2, -0.15) is 0 Å². The molecular weight excluding hydrogens is 383 g/mol. The van der Waals surface area contributed by atoms with Crippen LogP contribution in [0, 0.1) is 5.82 Å². The molecule has 0 spiro atoms. The molecule has 0 aliphatic carbocycles. The zero-order chi connectivity index (χ0) is 20.8. The highest BCUT2D eigenvalue weighted by Gasteiger charge is 2.28. The lowest BCUT2D eigenvalue weighted by molar-refractivity contribution is -0.130. The van der Waals surface area contributed by atoms with E-state index in [1.807, 2.05) is 24.3 Å². The van der Waals surface area contributed by atoms with Crippen LogP contribution in [-0.2, 0) is 24.3 Å². The van der Waals surface area contributed by atoms with Crippen LogP contribution in [0.15, 0.2) is 42.5 Å². The van der Waals surface area contributed by atoms with Gasteiger partial charge in [-0.3, -0.25) is 9.78 Å². The highest BCUT2D eigenvalue weighted by Crippen LogP contribution is 2.36. The molecule has 0 atom stereocenters. The van der Waals surface area contributed by atoms with Crippen LogP contribution in [-0.4, -0.2) is 34.4 Å². The maximum absolute atomic E-state index is 14.2. The number of aromatic amines is 1. The number of pyridine rings is 1. The standard InChI is InChI=1S/C23H21FN4O2/c1-30-20-7-6-13(8-16(20)24)9-18-23-22(14-4-2-3-5-17(14)27-23)15-11-28(21(29)10-25)12-19(15)26-18/h2-8,27H,9-12,25H2,1H3. The van der Waals surface area contributed by atoms with Gasteiger partial charge < -0.3 is 20.4 Å². The largest absolute Gasteiger partial charge is 0.494 e. The summed E-state index contributed by atoms with van der Waals surface area (Å²) in [5, 5.41) is 2.17. The molecule has 4 aromatic rings. The topological polar surface area (TPSA) is 84.2 Å². The smallest absolute Gasteiger partial charge is 0.236 e. The van der Waals surface area contributed by atoms with Crippen LogP contribution < -0.4 is 10.5 Å². The Balaban J connectivity index is 1.67. The minimum atomic E-state index is -0.399. The number of hydrogen-bond acceptors (Lipinski definition) is 4. The molecule has 2 aromatic heterocycles. The summed E-state index contributed by atoms with van der Waals surface area (Å²) in [6, 6.07) is 13.0. The Morgan fingerprint density at radius 1 is 1.27 bits per heavy atom.